The number of carbonyl (C=O) groups excluding carboxylic acids is 1. The van der Waals surface area contributed by atoms with Crippen LogP contribution in [0.4, 0.5) is 11.4 Å². The lowest BCUT2D eigenvalue weighted by Crippen LogP contribution is -2.26. The minimum absolute atomic E-state index is 0.0156. The molecular formula is C20H20N2OS. The van der Waals surface area contributed by atoms with Crippen LogP contribution in [0.1, 0.15) is 20.8 Å². The van der Waals surface area contributed by atoms with Crippen LogP contribution < -0.4 is 5.32 Å². The first kappa shape index (κ1) is 16.3. The van der Waals surface area contributed by atoms with Crippen molar-refractivity contribution in [1.29, 1.82) is 0 Å². The fraction of sp³-hybridized carbons (Fsp3) is 0.150. The smallest absolute Gasteiger partial charge is 0.256 e. The van der Waals surface area contributed by atoms with Gasteiger partial charge in [-0.2, -0.15) is 0 Å². The number of carbonyl (C=O) groups is 1. The summed E-state index contributed by atoms with van der Waals surface area (Å²) in [4.78, 5) is 15.9. The molecule has 122 valence electrons. The summed E-state index contributed by atoms with van der Waals surface area (Å²) in [6.45, 7) is 2.71. The number of rotatable bonds is 5. The Morgan fingerprint density at radius 3 is 2.46 bits per heavy atom. The molecular weight excluding hydrogens is 316 g/mol. The topological polar surface area (TPSA) is 32.3 Å². The lowest BCUT2D eigenvalue weighted by molar-refractivity contribution is 0.0787. The second-order valence-corrected chi connectivity index (χ2v) is 6.73. The molecule has 3 aromatic rings. The highest BCUT2D eigenvalue weighted by Gasteiger charge is 2.17. The van der Waals surface area contributed by atoms with Crippen molar-refractivity contribution in [2.45, 2.75) is 13.5 Å². The molecule has 0 saturated heterocycles. The van der Waals surface area contributed by atoms with Gasteiger partial charge in [0.15, 0.2) is 0 Å². The van der Waals surface area contributed by atoms with Crippen LogP contribution in [-0.4, -0.2) is 17.9 Å². The van der Waals surface area contributed by atoms with Gasteiger partial charge in [0.25, 0.3) is 5.91 Å². The van der Waals surface area contributed by atoms with Crippen LogP contribution in [0.5, 0.6) is 0 Å². The van der Waals surface area contributed by atoms with Gasteiger partial charge in [0.1, 0.15) is 0 Å². The van der Waals surface area contributed by atoms with Crippen molar-refractivity contribution < 1.29 is 4.79 Å². The van der Waals surface area contributed by atoms with Crippen molar-refractivity contribution in [2.75, 3.05) is 12.4 Å². The maximum absolute atomic E-state index is 12.9. The van der Waals surface area contributed by atoms with E-state index in [-0.39, 0.29) is 5.91 Å². The number of aryl methyl sites for hydroxylation is 1. The first-order valence-electron chi connectivity index (χ1n) is 7.84. The Morgan fingerprint density at radius 2 is 1.75 bits per heavy atom. The van der Waals surface area contributed by atoms with Crippen LogP contribution in [0.3, 0.4) is 0 Å². The molecule has 0 saturated carbocycles. The molecule has 0 bridgehead atoms. The Hall–Kier alpha value is -2.59. The van der Waals surface area contributed by atoms with E-state index in [1.807, 2.05) is 61.6 Å². The number of para-hydroxylation sites is 2. The monoisotopic (exact) mass is 336 g/mol. The summed E-state index contributed by atoms with van der Waals surface area (Å²) in [6, 6.07) is 19.6. The van der Waals surface area contributed by atoms with Crippen molar-refractivity contribution in [3.8, 4) is 0 Å². The molecule has 1 amide bonds. The van der Waals surface area contributed by atoms with Gasteiger partial charge in [0.2, 0.25) is 0 Å². The summed E-state index contributed by atoms with van der Waals surface area (Å²) in [7, 11) is 1.85. The number of benzene rings is 2. The van der Waals surface area contributed by atoms with Gasteiger partial charge in [-0.05, 0) is 48.2 Å². The Labute approximate surface area is 146 Å². The van der Waals surface area contributed by atoms with Crippen molar-refractivity contribution in [2.24, 2.45) is 0 Å². The summed E-state index contributed by atoms with van der Waals surface area (Å²) in [5.41, 5.74) is 3.70. The molecule has 1 heterocycles. The summed E-state index contributed by atoms with van der Waals surface area (Å²) in [5.74, 6) is 0.0156. The van der Waals surface area contributed by atoms with Crippen LogP contribution in [-0.2, 0) is 6.54 Å². The molecule has 0 spiro atoms. The van der Waals surface area contributed by atoms with E-state index in [2.05, 4.69) is 23.7 Å². The molecule has 0 unspecified atom stereocenters. The molecule has 0 radical (unpaired) electrons. The molecule has 1 aromatic heterocycles. The average Bonchev–Trinajstić information content (AvgIpc) is 3.00. The maximum atomic E-state index is 12.9. The number of nitrogens with zero attached hydrogens (tertiary/aromatic N) is 1. The number of amides is 1. The SMILES string of the molecule is Cc1ccsc1CN(C)C(=O)c1ccccc1Nc1ccccc1. The lowest BCUT2D eigenvalue weighted by Gasteiger charge is -2.19. The third-order valence-electron chi connectivity index (χ3n) is 3.91. The van der Waals surface area contributed by atoms with Crippen LogP contribution >= 0.6 is 11.3 Å². The number of hydrogen-bond acceptors (Lipinski definition) is 3. The average molecular weight is 336 g/mol. The summed E-state index contributed by atoms with van der Waals surface area (Å²) in [5, 5.41) is 5.40. The molecule has 0 aliphatic carbocycles. The Balaban J connectivity index is 1.81. The predicted molar refractivity (Wildman–Crippen MR) is 101 cm³/mol. The van der Waals surface area contributed by atoms with Crippen molar-refractivity contribution in [3.05, 3.63) is 82.0 Å². The molecule has 24 heavy (non-hydrogen) atoms. The van der Waals surface area contributed by atoms with Crippen molar-refractivity contribution >= 4 is 28.6 Å². The van der Waals surface area contributed by atoms with Gasteiger partial charge in [-0.15, -0.1) is 11.3 Å². The molecule has 0 aliphatic rings. The zero-order valence-corrected chi connectivity index (χ0v) is 14.6. The van der Waals surface area contributed by atoms with Gasteiger partial charge in [-0.1, -0.05) is 30.3 Å². The zero-order valence-electron chi connectivity index (χ0n) is 13.8. The first-order chi connectivity index (χ1) is 11.6. The molecule has 1 N–H and O–H groups in total. The van der Waals surface area contributed by atoms with Gasteiger partial charge in [-0.25, -0.2) is 0 Å². The van der Waals surface area contributed by atoms with Crippen LogP contribution in [0.15, 0.2) is 66.0 Å². The molecule has 0 atom stereocenters. The third-order valence-corrected chi connectivity index (χ3v) is 4.91. The molecule has 4 heteroatoms. The summed E-state index contributed by atoms with van der Waals surface area (Å²) >= 11 is 1.69. The minimum atomic E-state index is 0.0156. The van der Waals surface area contributed by atoms with Gasteiger partial charge in [0, 0.05) is 17.6 Å². The Morgan fingerprint density at radius 1 is 1.04 bits per heavy atom. The van der Waals surface area contributed by atoms with Gasteiger partial charge < -0.3 is 10.2 Å². The van der Waals surface area contributed by atoms with Crippen molar-refractivity contribution in [3.63, 3.8) is 0 Å². The van der Waals surface area contributed by atoms with E-state index in [4.69, 9.17) is 0 Å². The maximum Gasteiger partial charge on any atom is 0.256 e. The van der Waals surface area contributed by atoms with Gasteiger partial charge >= 0.3 is 0 Å². The highest BCUT2D eigenvalue weighted by Crippen LogP contribution is 2.23. The van der Waals surface area contributed by atoms with E-state index in [1.54, 1.807) is 16.2 Å². The fourth-order valence-corrected chi connectivity index (χ4v) is 3.47. The second-order valence-electron chi connectivity index (χ2n) is 5.72. The van der Waals surface area contributed by atoms with E-state index in [9.17, 15) is 4.79 Å². The quantitative estimate of drug-likeness (QED) is 0.705. The minimum Gasteiger partial charge on any atom is -0.355 e. The van der Waals surface area contributed by atoms with Gasteiger partial charge in [0.05, 0.1) is 17.8 Å². The molecule has 0 fully saturated rings. The molecule has 3 nitrogen and oxygen atoms in total. The largest absolute Gasteiger partial charge is 0.355 e. The summed E-state index contributed by atoms with van der Waals surface area (Å²) in [6.07, 6.45) is 0. The highest BCUT2D eigenvalue weighted by atomic mass is 32.1. The number of anilines is 2. The second kappa shape index (κ2) is 7.32. The normalized spacial score (nSPS) is 10.4. The van der Waals surface area contributed by atoms with Crippen LogP contribution in [0.2, 0.25) is 0 Å². The highest BCUT2D eigenvalue weighted by molar-refractivity contribution is 7.10. The molecule has 2 aromatic carbocycles. The van der Waals surface area contributed by atoms with Gasteiger partial charge in [-0.3, -0.25) is 4.79 Å². The fourth-order valence-electron chi connectivity index (χ4n) is 2.51. The number of nitrogens with one attached hydrogen (secondary N) is 1. The first-order valence-corrected chi connectivity index (χ1v) is 8.72. The van der Waals surface area contributed by atoms with E-state index in [0.29, 0.717) is 12.1 Å². The Kier molecular flexibility index (Phi) is 4.96. The molecule has 3 rings (SSSR count). The zero-order chi connectivity index (χ0) is 16.9. The van der Waals surface area contributed by atoms with Crippen LogP contribution in [0, 0.1) is 6.92 Å². The van der Waals surface area contributed by atoms with Crippen LogP contribution in [0.25, 0.3) is 0 Å². The number of thiophene rings is 1. The summed E-state index contributed by atoms with van der Waals surface area (Å²) < 4.78 is 0. The lowest BCUT2D eigenvalue weighted by atomic mass is 10.1. The molecule has 0 aliphatic heterocycles. The van der Waals surface area contributed by atoms with E-state index < -0.39 is 0 Å². The standard InChI is InChI=1S/C20H20N2OS/c1-15-12-13-24-19(15)14-22(2)20(23)17-10-6-7-11-18(17)21-16-8-4-3-5-9-16/h3-13,21H,14H2,1-2H3. The van der Waals surface area contributed by atoms with E-state index >= 15 is 0 Å². The van der Waals surface area contributed by atoms with Crippen molar-refractivity contribution in [1.82, 2.24) is 4.90 Å². The number of hydrogen-bond donors (Lipinski definition) is 1. The predicted octanol–water partition coefficient (Wildman–Crippen LogP) is 5.07. The third kappa shape index (κ3) is 3.66. The van der Waals surface area contributed by atoms with E-state index in [1.165, 1.54) is 10.4 Å². The Bertz CT molecular complexity index is 826. The van der Waals surface area contributed by atoms with E-state index in [0.717, 1.165) is 11.4 Å².